The largest absolute Gasteiger partial charge is 0.355 e. The number of nitrogens with one attached hydrogen (secondary N) is 2. The van der Waals surface area contributed by atoms with Crippen molar-refractivity contribution in [1.29, 1.82) is 0 Å². The van der Waals surface area contributed by atoms with Crippen LogP contribution in [0, 0.1) is 19.8 Å². The molecule has 1 aliphatic carbocycles. The van der Waals surface area contributed by atoms with Crippen LogP contribution in [0.2, 0.25) is 0 Å². The number of carbonyl (C=O) groups excluding carboxylic acids is 3. The molecule has 0 aromatic heterocycles. The molecule has 2 aliphatic rings. The maximum Gasteiger partial charge on any atom is 0.233 e. The quantitative estimate of drug-likeness (QED) is 0.773. The number of benzene rings is 1. The summed E-state index contributed by atoms with van der Waals surface area (Å²) in [6.07, 6.45) is 2.48. The van der Waals surface area contributed by atoms with Gasteiger partial charge < -0.3 is 15.5 Å². The molecule has 3 amide bonds. The maximum absolute atomic E-state index is 12.0. The first-order chi connectivity index (χ1) is 11.9. The maximum atomic E-state index is 12.0. The van der Waals surface area contributed by atoms with Crippen LogP contribution >= 0.6 is 0 Å². The third-order valence-electron chi connectivity index (χ3n) is 4.64. The molecule has 1 aliphatic heterocycles. The number of nitrogens with zero attached hydrogens (tertiary/aromatic N) is 1. The minimum Gasteiger partial charge on any atom is -0.355 e. The van der Waals surface area contributed by atoms with Gasteiger partial charge in [-0.1, -0.05) is 6.07 Å². The van der Waals surface area contributed by atoms with Crippen molar-refractivity contribution < 1.29 is 14.4 Å². The second-order valence-electron chi connectivity index (χ2n) is 7.25. The molecular formula is C19H25N3O3. The minimum atomic E-state index is -0.329. The van der Waals surface area contributed by atoms with Gasteiger partial charge in [0.05, 0.1) is 0 Å². The SMILES string of the molecule is Cc1cc(C)cc(NC(=O)CC(=O)NCC2CC(=O)N(C3CC3)C2)c1. The molecule has 1 aromatic carbocycles. The second-order valence-corrected chi connectivity index (χ2v) is 7.25. The Kier molecular flexibility index (Phi) is 5.06. The predicted molar refractivity (Wildman–Crippen MR) is 95.0 cm³/mol. The van der Waals surface area contributed by atoms with Crippen molar-refractivity contribution in [2.45, 2.75) is 45.6 Å². The molecule has 134 valence electrons. The fraction of sp³-hybridized carbons (Fsp3) is 0.526. The standard InChI is InChI=1S/C19H25N3O3/c1-12-5-13(2)7-15(6-12)21-18(24)9-17(23)20-10-14-8-19(25)22(11-14)16-3-4-16/h5-7,14,16H,3-4,8-11H2,1-2H3,(H,20,23)(H,21,24). The third kappa shape index (κ3) is 4.81. The summed E-state index contributed by atoms with van der Waals surface area (Å²) >= 11 is 0. The van der Waals surface area contributed by atoms with Crippen molar-refractivity contribution in [3.05, 3.63) is 29.3 Å². The number of likely N-dealkylation sites (tertiary alicyclic amines) is 1. The highest BCUT2D eigenvalue weighted by Gasteiger charge is 2.39. The van der Waals surface area contributed by atoms with Gasteiger partial charge in [-0.15, -0.1) is 0 Å². The molecule has 0 radical (unpaired) electrons. The van der Waals surface area contributed by atoms with Crippen LogP contribution in [0.1, 0.15) is 36.8 Å². The Morgan fingerprint density at radius 2 is 1.80 bits per heavy atom. The van der Waals surface area contributed by atoms with Crippen LogP contribution in [0.25, 0.3) is 0 Å². The Morgan fingerprint density at radius 3 is 2.44 bits per heavy atom. The summed E-state index contributed by atoms with van der Waals surface area (Å²) in [6, 6.07) is 6.20. The highest BCUT2D eigenvalue weighted by atomic mass is 16.2. The molecule has 1 unspecified atom stereocenters. The number of anilines is 1. The van der Waals surface area contributed by atoms with E-state index >= 15 is 0 Å². The smallest absolute Gasteiger partial charge is 0.233 e. The Morgan fingerprint density at radius 1 is 1.12 bits per heavy atom. The van der Waals surface area contributed by atoms with E-state index in [0.717, 1.165) is 30.5 Å². The molecule has 0 bridgehead atoms. The molecule has 6 nitrogen and oxygen atoms in total. The van der Waals surface area contributed by atoms with Gasteiger partial charge in [0.2, 0.25) is 17.7 Å². The van der Waals surface area contributed by atoms with E-state index in [1.807, 2.05) is 36.9 Å². The van der Waals surface area contributed by atoms with E-state index in [2.05, 4.69) is 10.6 Å². The number of hydrogen-bond acceptors (Lipinski definition) is 3. The van der Waals surface area contributed by atoms with Crippen molar-refractivity contribution in [2.75, 3.05) is 18.4 Å². The van der Waals surface area contributed by atoms with Gasteiger partial charge in [0, 0.05) is 37.2 Å². The molecule has 0 spiro atoms. The van der Waals surface area contributed by atoms with E-state index in [4.69, 9.17) is 0 Å². The van der Waals surface area contributed by atoms with Crippen molar-refractivity contribution >= 4 is 23.4 Å². The first-order valence-electron chi connectivity index (χ1n) is 8.85. The lowest BCUT2D eigenvalue weighted by Gasteiger charge is -2.15. The van der Waals surface area contributed by atoms with Gasteiger partial charge in [-0.25, -0.2) is 0 Å². The molecule has 1 saturated carbocycles. The van der Waals surface area contributed by atoms with Gasteiger partial charge in [-0.2, -0.15) is 0 Å². The van der Waals surface area contributed by atoms with Crippen LogP contribution in [-0.4, -0.2) is 41.8 Å². The fourth-order valence-corrected chi connectivity index (χ4v) is 3.40. The summed E-state index contributed by atoms with van der Waals surface area (Å²) in [5.41, 5.74) is 2.83. The Bertz CT molecular complexity index is 677. The van der Waals surface area contributed by atoms with Crippen LogP contribution in [-0.2, 0) is 14.4 Å². The normalized spacial score (nSPS) is 19.8. The van der Waals surface area contributed by atoms with E-state index in [1.165, 1.54) is 0 Å². The van der Waals surface area contributed by atoms with Crippen molar-refractivity contribution in [3.8, 4) is 0 Å². The number of rotatable bonds is 6. The monoisotopic (exact) mass is 343 g/mol. The van der Waals surface area contributed by atoms with Gasteiger partial charge in [0.15, 0.2) is 0 Å². The van der Waals surface area contributed by atoms with Crippen molar-refractivity contribution in [2.24, 2.45) is 5.92 Å². The molecule has 2 fully saturated rings. The Balaban J connectivity index is 1.41. The zero-order chi connectivity index (χ0) is 18.0. The first kappa shape index (κ1) is 17.5. The summed E-state index contributed by atoms with van der Waals surface area (Å²) in [6.45, 7) is 5.09. The molecule has 25 heavy (non-hydrogen) atoms. The van der Waals surface area contributed by atoms with Gasteiger partial charge in [-0.05, 0) is 49.9 Å². The lowest BCUT2D eigenvalue weighted by Crippen LogP contribution is -2.33. The summed E-state index contributed by atoms with van der Waals surface area (Å²) in [4.78, 5) is 37.8. The van der Waals surface area contributed by atoms with Crippen LogP contribution < -0.4 is 10.6 Å². The minimum absolute atomic E-state index is 0.152. The highest BCUT2D eigenvalue weighted by molar-refractivity contribution is 6.03. The van der Waals surface area contributed by atoms with E-state index in [9.17, 15) is 14.4 Å². The third-order valence-corrected chi connectivity index (χ3v) is 4.64. The van der Waals surface area contributed by atoms with Crippen LogP contribution in [0.5, 0.6) is 0 Å². The first-order valence-corrected chi connectivity index (χ1v) is 8.85. The van der Waals surface area contributed by atoms with Crippen molar-refractivity contribution in [3.63, 3.8) is 0 Å². The number of amides is 3. The summed E-state index contributed by atoms with van der Waals surface area (Å²) < 4.78 is 0. The van der Waals surface area contributed by atoms with Gasteiger partial charge in [-0.3, -0.25) is 14.4 Å². The lowest BCUT2D eigenvalue weighted by atomic mass is 10.1. The summed E-state index contributed by atoms with van der Waals surface area (Å²) in [5.74, 6) is -0.294. The molecule has 1 saturated heterocycles. The predicted octanol–water partition coefficient (Wildman–Crippen LogP) is 1.76. The number of carbonyl (C=O) groups is 3. The average molecular weight is 343 g/mol. The average Bonchev–Trinajstić information content (AvgIpc) is 3.27. The molecule has 6 heteroatoms. The van der Waals surface area contributed by atoms with Crippen LogP contribution in [0.3, 0.4) is 0 Å². The van der Waals surface area contributed by atoms with E-state index in [0.29, 0.717) is 24.7 Å². The molecule has 1 heterocycles. The van der Waals surface area contributed by atoms with E-state index in [1.54, 1.807) is 0 Å². The van der Waals surface area contributed by atoms with Gasteiger partial charge >= 0.3 is 0 Å². The number of aryl methyl sites for hydroxylation is 2. The van der Waals surface area contributed by atoms with E-state index in [-0.39, 0.29) is 30.1 Å². The topological polar surface area (TPSA) is 78.5 Å². The zero-order valence-corrected chi connectivity index (χ0v) is 14.8. The summed E-state index contributed by atoms with van der Waals surface area (Å²) in [7, 11) is 0. The molecular weight excluding hydrogens is 318 g/mol. The highest BCUT2D eigenvalue weighted by Crippen LogP contribution is 2.32. The van der Waals surface area contributed by atoms with Gasteiger partial charge in [0.1, 0.15) is 6.42 Å². The molecule has 3 rings (SSSR count). The van der Waals surface area contributed by atoms with Gasteiger partial charge in [0.25, 0.3) is 0 Å². The number of hydrogen-bond donors (Lipinski definition) is 2. The Hall–Kier alpha value is -2.37. The summed E-state index contributed by atoms with van der Waals surface area (Å²) in [5, 5.41) is 5.54. The Labute approximate surface area is 148 Å². The van der Waals surface area contributed by atoms with Crippen LogP contribution in [0.15, 0.2) is 18.2 Å². The zero-order valence-electron chi connectivity index (χ0n) is 14.8. The molecule has 1 atom stereocenters. The molecule has 1 aromatic rings. The van der Waals surface area contributed by atoms with Crippen LogP contribution in [0.4, 0.5) is 5.69 Å². The van der Waals surface area contributed by atoms with Crippen molar-refractivity contribution in [1.82, 2.24) is 10.2 Å². The lowest BCUT2D eigenvalue weighted by molar-refractivity contribution is -0.129. The molecule has 2 N–H and O–H groups in total. The second kappa shape index (κ2) is 7.25. The van der Waals surface area contributed by atoms with E-state index < -0.39 is 0 Å². The fourth-order valence-electron chi connectivity index (χ4n) is 3.40.